The Morgan fingerprint density at radius 1 is 1.22 bits per heavy atom. The van der Waals surface area contributed by atoms with E-state index in [1.54, 1.807) is 17.0 Å². The third-order valence-corrected chi connectivity index (χ3v) is 3.90. The number of ether oxygens (including phenoxy) is 1. The molecule has 1 aliphatic heterocycles. The first kappa shape index (κ1) is 15.7. The Labute approximate surface area is 138 Å². The zero-order valence-electron chi connectivity index (χ0n) is 12.3. The van der Waals surface area contributed by atoms with Gasteiger partial charge in [-0.15, -0.1) is 0 Å². The molecule has 0 bridgehead atoms. The molecule has 1 amide bonds. The molecule has 7 heteroatoms. The number of benzene rings is 1. The second kappa shape index (κ2) is 6.91. The lowest BCUT2D eigenvalue weighted by Crippen LogP contribution is -2.42. The SMILES string of the molecule is O=C(c1ccccc1F)N1CCC(Oc2ncc(Cl)cn2)CC1. The lowest BCUT2D eigenvalue weighted by molar-refractivity contribution is 0.0574. The molecule has 0 unspecified atom stereocenters. The number of carbonyl (C=O) groups is 1. The second-order valence-corrected chi connectivity index (χ2v) is 5.71. The predicted molar refractivity (Wildman–Crippen MR) is 83.0 cm³/mol. The molecule has 0 atom stereocenters. The van der Waals surface area contributed by atoms with Gasteiger partial charge in [0, 0.05) is 25.9 Å². The maximum absolute atomic E-state index is 13.7. The van der Waals surface area contributed by atoms with E-state index >= 15 is 0 Å². The van der Waals surface area contributed by atoms with E-state index in [4.69, 9.17) is 16.3 Å². The smallest absolute Gasteiger partial charge is 0.316 e. The molecule has 2 aromatic rings. The highest BCUT2D eigenvalue weighted by molar-refractivity contribution is 6.30. The largest absolute Gasteiger partial charge is 0.460 e. The number of amides is 1. The number of piperidine rings is 1. The quantitative estimate of drug-likeness (QED) is 0.865. The van der Waals surface area contributed by atoms with E-state index in [-0.39, 0.29) is 23.6 Å². The van der Waals surface area contributed by atoms with Crippen LogP contribution in [0.1, 0.15) is 23.2 Å². The van der Waals surface area contributed by atoms with E-state index in [1.165, 1.54) is 24.5 Å². The minimum Gasteiger partial charge on any atom is -0.460 e. The van der Waals surface area contributed by atoms with Crippen LogP contribution >= 0.6 is 11.6 Å². The molecule has 1 saturated heterocycles. The third kappa shape index (κ3) is 3.76. The number of carbonyl (C=O) groups excluding carboxylic acids is 1. The van der Waals surface area contributed by atoms with Gasteiger partial charge in [-0.1, -0.05) is 23.7 Å². The van der Waals surface area contributed by atoms with E-state index in [9.17, 15) is 9.18 Å². The molecule has 1 fully saturated rings. The third-order valence-electron chi connectivity index (χ3n) is 3.70. The van der Waals surface area contributed by atoms with Crippen molar-refractivity contribution >= 4 is 17.5 Å². The number of hydrogen-bond donors (Lipinski definition) is 0. The maximum atomic E-state index is 13.7. The van der Waals surface area contributed by atoms with Gasteiger partial charge in [0.05, 0.1) is 23.0 Å². The van der Waals surface area contributed by atoms with E-state index in [2.05, 4.69) is 9.97 Å². The van der Waals surface area contributed by atoms with Gasteiger partial charge in [0.1, 0.15) is 11.9 Å². The van der Waals surface area contributed by atoms with Crippen LogP contribution in [0.15, 0.2) is 36.7 Å². The van der Waals surface area contributed by atoms with Crippen LogP contribution in [-0.4, -0.2) is 40.0 Å². The van der Waals surface area contributed by atoms with Crippen LogP contribution in [0.5, 0.6) is 6.01 Å². The summed E-state index contributed by atoms with van der Waals surface area (Å²) in [5.41, 5.74) is 0.105. The van der Waals surface area contributed by atoms with Crippen LogP contribution in [0.3, 0.4) is 0 Å². The molecule has 3 rings (SSSR count). The molecule has 0 N–H and O–H groups in total. The van der Waals surface area contributed by atoms with Crippen LogP contribution in [-0.2, 0) is 0 Å². The Hall–Kier alpha value is -2.21. The maximum Gasteiger partial charge on any atom is 0.316 e. The molecule has 0 saturated carbocycles. The van der Waals surface area contributed by atoms with Gasteiger partial charge in [-0.25, -0.2) is 14.4 Å². The summed E-state index contributed by atoms with van der Waals surface area (Å²) in [7, 11) is 0. The number of nitrogens with zero attached hydrogens (tertiary/aromatic N) is 3. The minimum absolute atomic E-state index is 0.0687. The van der Waals surface area contributed by atoms with Gasteiger partial charge < -0.3 is 9.64 Å². The van der Waals surface area contributed by atoms with Crippen molar-refractivity contribution in [3.8, 4) is 6.01 Å². The number of likely N-dealkylation sites (tertiary alicyclic amines) is 1. The van der Waals surface area contributed by atoms with E-state index < -0.39 is 5.82 Å². The summed E-state index contributed by atoms with van der Waals surface area (Å²) in [6.07, 6.45) is 4.17. The molecule has 0 aliphatic carbocycles. The topological polar surface area (TPSA) is 55.3 Å². The number of rotatable bonds is 3. The lowest BCUT2D eigenvalue weighted by atomic mass is 10.1. The highest BCUT2D eigenvalue weighted by Crippen LogP contribution is 2.19. The number of halogens is 2. The van der Waals surface area contributed by atoms with Gasteiger partial charge in [0.25, 0.3) is 5.91 Å². The van der Waals surface area contributed by atoms with Crippen LogP contribution in [0.4, 0.5) is 4.39 Å². The Morgan fingerprint density at radius 2 is 1.87 bits per heavy atom. The molecule has 0 spiro atoms. The Morgan fingerprint density at radius 3 is 2.52 bits per heavy atom. The summed E-state index contributed by atoms with van der Waals surface area (Å²) in [6, 6.07) is 6.29. The summed E-state index contributed by atoms with van der Waals surface area (Å²) < 4.78 is 19.4. The lowest BCUT2D eigenvalue weighted by Gasteiger charge is -2.31. The first-order valence-corrected chi connectivity index (χ1v) is 7.69. The van der Waals surface area contributed by atoms with Crippen LogP contribution in [0, 0.1) is 5.82 Å². The first-order valence-electron chi connectivity index (χ1n) is 7.31. The second-order valence-electron chi connectivity index (χ2n) is 5.27. The van der Waals surface area contributed by atoms with E-state index in [1.807, 2.05) is 0 Å². The Bertz CT molecular complexity index is 688. The van der Waals surface area contributed by atoms with Crippen molar-refractivity contribution in [2.24, 2.45) is 0 Å². The van der Waals surface area contributed by atoms with Crippen molar-refractivity contribution in [1.82, 2.24) is 14.9 Å². The van der Waals surface area contributed by atoms with Crippen molar-refractivity contribution in [3.63, 3.8) is 0 Å². The van der Waals surface area contributed by atoms with Gasteiger partial charge in [0.15, 0.2) is 0 Å². The zero-order chi connectivity index (χ0) is 16.2. The summed E-state index contributed by atoms with van der Waals surface area (Å²) in [4.78, 5) is 21.9. The van der Waals surface area contributed by atoms with E-state index in [0.717, 1.165) is 0 Å². The summed E-state index contributed by atoms with van der Waals surface area (Å²) in [6.45, 7) is 1.01. The van der Waals surface area contributed by atoms with Gasteiger partial charge in [0.2, 0.25) is 0 Å². The van der Waals surface area contributed by atoms with Crippen molar-refractivity contribution in [3.05, 3.63) is 53.1 Å². The van der Waals surface area contributed by atoms with Crippen molar-refractivity contribution in [2.75, 3.05) is 13.1 Å². The van der Waals surface area contributed by atoms with Gasteiger partial charge >= 0.3 is 6.01 Å². The fraction of sp³-hybridized carbons (Fsp3) is 0.312. The highest BCUT2D eigenvalue weighted by atomic mass is 35.5. The van der Waals surface area contributed by atoms with Crippen LogP contribution < -0.4 is 4.74 Å². The van der Waals surface area contributed by atoms with Gasteiger partial charge in [-0.2, -0.15) is 0 Å². The van der Waals surface area contributed by atoms with Crippen molar-refractivity contribution in [1.29, 1.82) is 0 Å². The predicted octanol–water partition coefficient (Wildman–Crippen LogP) is 2.95. The Kier molecular flexibility index (Phi) is 4.71. The normalized spacial score (nSPS) is 15.5. The monoisotopic (exact) mass is 335 g/mol. The van der Waals surface area contributed by atoms with Crippen molar-refractivity contribution < 1.29 is 13.9 Å². The summed E-state index contributed by atoms with van der Waals surface area (Å²) in [5, 5.41) is 0.447. The van der Waals surface area contributed by atoms with Gasteiger partial charge in [-0.05, 0) is 12.1 Å². The van der Waals surface area contributed by atoms with Gasteiger partial charge in [-0.3, -0.25) is 4.79 Å². The summed E-state index contributed by atoms with van der Waals surface area (Å²) in [5.74, 6) is -0.783. The highest BCUT2D eigenvalue weighted by Gasteiger charge is 2.26. The molecule has 1 aromatic heterocycles. The molecule has 120 valence electrons. The molecule has 2 heterocycles. The first-order chi connectivity index (χ1) is 11.1. The average Bonchev–Trinajstić information content (AvgIpc) is 2.57. The molecular weight excluding hydrogens is 321 g/mol. The number of aromatic nitrogens is 2. The average molecular weight is 336 g/mol. The van der Waals surface area contributed by atoms with Crippen molar-refractivity contribution in [2.45, 2.75) is 18.9 Å². The standard InChI is InChI=1S/C16H15ClFN3O2/c17-11-9-19-16(20-10-11)23-12-5-7-21(8-6-12)15(22)13-3-1-2-4-14(13)18/h1-4,9-10,12H,5-8H2. The summed E-state index contributed by atoms with van der Waals surface area (Å²) >= 11 is 5.72. The molecule has 5 nitrogen and oxygen atoms in total. The minimum atomic E-state index is -0.495. The fourth-order valence-corrected chi connectivity index (χ4v) is 2.59. The van der Waals surface area contributed by atoms with Crippen LogP contribution in [0.2, 0.25) is 5.02 Å². The molecule has 1 aliphatic rings. The fourth-order valence-electron chi connectivity index (χ4n) is 2.49. The van der Waals surface area contributed by atoms with Crippen LogP contribution in [0.25, 0.3) is 0 Å². The molecule has 1 aromatic carbocycles. The number of hydrogen-bond acceptors (Lipinski definition) is 4. The molecule has 23 heavy (non-hydrogen) atoms. The Balaban J connectivity index is 1.57. The molecule has 0 radical (unpaired) electrons. The zero-order valence-corrected chi connectivity index (χ0v) is 13.0. The molecular formula is C16H15ClFN3O2. The van der Waals surface area contributed by atoms with E-state index in [0.29, 0.717) is 31.0 Å².